The normalized spacial score (nSPS) is 12.7. The standard InChI is InChI=1S/C12H22N2O2Si/c1-10(17(15-2)16-3)8-9-14-12-6-4-11(13)5-7-12/h4-7,10,14,17H,8-9,13H2,1-3H3. The number of nitrogens with two attached hydrogens (primary N) is 1. The molecule has 1 rings (SSSR count). The van der Waals surface area contributed by atoms with Crippen LogP contribution in [0.4, 0.5) is 11.4 Å². The largest absolute Gasteiger partial charge is 0.400 e. The van der Waals surface area contributed by atoms with Crippen LogP contribution in [0.15, 0.2) is 24.3 Å². The molecule has 4 nitrogen and oxygen atoms in total. The fourth-order valence-corrected chi connectivity index (χ4v) is 3.30. The SMILES string of the molecule is CO[SiH](OC)C(C)CCNc1ccc(N)cc1. The Hall–Kier alpha value is -1.04. The van der Waals surface area contributed by atoms with Crippen LogP contribution >= 0.6 is 0 Å². The van der Waals surface area contributed by atoms with Gasteiger partial charge in [-0.1, -0.05) is 6.92 Å². The molecule has 3 N–H and O–H groups in total. The van der Waals surface area contributed by atoms with Gasteiger partial charge in [-0.25, -0.2) is 0 Å². The molecule has 0 aliphatic carbocycles. The second-order valence-electron chi connectivity index (χ2n) is 4.15. The first-order valence-corrected chi connectivity index (χ1v) is 7.43. The highest BCUT2D eigenvalue weighted by Gasteiger charge is 2.18. The highest BCUT2D eigenvalue weighted by molar-refractivity contribution is 6.46. The van der Waals surface area contributed by atoms with Crippen LogP contribution in [-0.2, 0) is 8.85 Å². The molecule has 0 aliphatic heterocycles. The van der Waals surface area contributed by atoms with Crippen LogP contribution in [0.1, 0.15) is 13.3 Å². The highest BCUT2D eigenvalue weighted by atomic mass is 28.3. The molecular weight excluding hydrogens is 232 g/mol. The van der Waals surface area contributed by atoms with Crippen molar-refractivity contribution in [1.82, 2.24) is 0 Å². The molecule has 1 unspecified atom stereocenters. The molecule has 0 spiro atoms. The molecule has 0 aliphatic rings. The molecule has 0 saturated carbocycles. The Morgan fingerprint density at radius 1 is 1.24 bits per heavy atom. The summed E-state index contributed by atoms with van der Waals surface area (Å²) >= 11 is 0. The smallest absolute Gasteiger partial charge is 0.323 e. The van der Waals surface area contributed by atoms with Crippen LogP contribution in [0.2, 0.25) is 5.54 Å². The lowest BCUT2D eigenvalue weighted by atomic mass is 10.2. The fraction of sp³-hybridized carbons (Fsp3) is 0.500. The summed E-state index contributed by atoms with van der Waals surface area (Å²) < 4.78 is 10.7. The van der Waals surface area contributed by atoms with E-state index in [1.165, 1.54) is 0 Å². The first kappa shape index (κ1) is 14.0. The number of nitrogen functional groups attached to an aromatic ring is 1. The Labute approximate surface area is 105 Å². The lowest BCUT2D eigenvalue weighted by Crippen LogP contribution is -2.25. The van der Waals surface area contributed by atoms with Crippen LogP contribution in [0, 0.1) is 0 Å². The second-order valence-corrected chi connectivity index (χ2v) is 6.97. The van der Waals surface area contributed by atoms with Crippen molar-refractivity contribution in [2.45, 2.75) is 18.9 Å². The van der Waals surface area contributed by atoms with Gasteiger partial charge in [0.15, 0.2) is 0 Å². The van der Waals surface area contributed by atoms with Gasteiger partial charge in [0.1, 0.15) is 0 Å². The lowest BCUT2D eigenvalue weighted by molar-refractivity contribution is 0.265. The second kappa shape index (κ2) is 7.32. The molecule has 1 aromatic carbocycles. The van der Waals surface area contributed by atoms with E-state index in [1.54, 1.807) is 14.2 Å². The maximum Gasteiger partial charge on any atom is 0.323 e. The van der Waals surface area contributed by atoms with E-state index in [-0.39, 0.29) is 0 Å². The van der Waals surface area contributed by atoms with Crippen molar-refractivity contribution in [2.75, 3.05) is 31.8 Å². The lowest BCUT2D eigenvalue weighted by Gasteiger charge is -2.19. The van der Waals surface area contributed by atoms with E-state index < -0.39 is 9.28 Å². The molecule has 0 heterocycles. The first-order chi connectivity index (χ1) is 8.17. The van der Waals surface area contributed by atoms with Crippen molar-refractivity contribution in [3.8, 4) is 0 Å². The molecule has 0 saturated heterocycles. The summed E-state index contributed by atoms with van der Waals surface area (Å²) in [4.78, 5) is 0. The molecule has 5 heteroatoms. The molecule has 96 valence electrons. The Bertz CT molecular complexity index is 315. The van der Waals surface area contributed by atoms with Gasteiger partial charge < -0.3 is 19.9 Å². The summed E-state index contributed by atoms with van der Waals surface area (Å²) in [6.07, 6.45) is 1.04. The molecule has 0 fully saturated rings. The number of hydrogen-bond donors (Lipinski definition) is 2. The van der Waals surface area contributed by atoms with Crippen LogP contribution < -0.4 is 11.1 Å². The minimum absolute atomic E-state index is 0.492. The predicted octanol–water partition coefficient (Wildman–Crippen LogP) is 1.97. The van der Waals surface area contributed by atoms with Gasteiger partial charge in [-0.3, -0.25) is 0 Å². The van der Waals surface area contributed by atoms with Crippen LogP contribution in [-0.4, -0.2) is 30.0 Å². The summed E-state index contributed by atoms with van der Waals surface area (Å²) in [5.41, 5.74) is 8.00. The van der Waals surface area contributed by atoms with Crippen LogP contribution in [0.5, 0.6) is 0 Å². The Balaban J connectivity index is 2.30. The number of anilines is 2. The molecule has 1 aromatic rings. The van der Waals surface area contributed by atoms with E-state index in [4.69, 9.17) is 14.6 Å². The van der Waals surface area contributed by atoms with E-state index in [1.807, 2.05) is 24.3 Å². The molecule has 0 amide bonds. The summed E-state index contributed by atoms with van der Waals surface area (Å²) in [6, 6.07) is 7.77. The maximum atomic E-state index is 5.62. The topological polar surface area (TPSA) is 56.5 Å². The van der Waals surface area contributed by atoms with Gasteiger partial charge >= 0.3 is 9.28 Å². The van der Waals surface area contributed by atoms with Gasteiger partial charge in [0.25, 0.3) is 0 Å². The third-order valence-corrected chi connectivity index (χ3v) is 4.96. The zero-order valence-electron chi connectivity index (χ0n) is 10.8. The molecule has 1 atom stereocenters. The van der Waals surface area contributed by atoms with E-state index in [2.05, 4.69) is 12.2 Å². The fourth-order valence-electron chi connectivity index (χ4n) is 1.74. The summed E-state index contributed by atoms with van der Waals surface area (Å²) in [5, 5.41) is 3.36. The minimum atomic E-state index is -1.48. The molecule has 0 bridgehead atoms. The highest BCUT2D eigenvalue weighted by Crippen LogP contribution is 2.16. The summed E-state index contributed by atoms with van der Waals surface area (Å²) in [7, 11) is 1.97. The third-order valence-electron chi connectivity index (χ3n) is 2.77. The van der Waals surface area contributed by atoms with Crippen molar-refractivity contribution in [3.63, 3.8) is 0 Å². The zero-order valence-corrected chi connectivity index (χ0v) is 11.9. The van der Waals surface area contributed by atoms with Crippen molar-refractivity contribution < 1.29 is 8.85 Å². The van der Waals surface area contributed by atoms with Gasteiger partial charge in [0, 0.05) is 32.1 Å². The first-order valence-electron chi connectivity index (χ1n) is 5.82. The van der Waals surface area contributed by atoms with Gasteiger partial charge in [0.05, 0.1) is 0 Å². The van der Waals surface area contributed by atoms with E-state index in [9.17, 15) is 0 Å². The number of nitrogens with one attached hydrogen (secondary N) is 1. The number of rotatable bonds is 7. The Morgan fingerprint density at radius 3 is 2.35 bits per heavy atom. The van der Waals surface area contributed by atoms with Crippen molar-refractivity contribution >= 4 is 20.7 Å². The van der Waals surface area contributed by atoms with Gasteiger partial charge in [-0.05, 0) is 36.2 Å². The average molecular weight is 254 g/mol. The van der Waals surface area contributed by atoms with Crippen molar-refractivity contribution in [2.24, 2.45) is 0 Å². The quantitative estimate of drug-likeness (QED) is 0.577. The van der Waals surface area contributed by atoms with E-state index in [0.717, 1.165) is 24.3 Å². The monoisotopic (exact) mass is 254 g/mol. The van der Waals surface area contributed by atoms with Gasteiger partial charge in [0.2, 0.25) is 0 Å². The zero-order chi connectivity index (χ0) is 12.7. The van der Waals surface area contributed by atoms with Gasteiger partial charge in [-0.15, -0.1) is 0 Å². The summed E-state index contributed by atoms with van der Waals surface area (Å²) in [6.45, 7) is 3.09. The van der Waals surface area contributed by atoms with E-state index in [0.29, 0.717) is 5.54 Å². The minimum Gasteiger partial charge on any atom is -0.400 e. The Morgan fingerprint density at radius 2 is 1.82 bits per heavy atom. The Kier molecular flexibility index (Phi) is 6.03. The third kappa shape index (κ3) is 4.76. The predicted molar refractivity (Wildman–Crippen MR) is 74.6 cm³/mol. The van der Waals surface area contributed by atoms with Crippen molar-refractivity contribution in [3.05, 3.63) is 24.3 Å². The maximum absolute atomic E-state index is 5.62. The van der Waals surface area contributed by atoms with Crippen molar-refractivity contribution in [1.29, 1.82) is 0 Å². The average Bonchev–Trinajstić information content (AvgIpc) is 2.33. The number of benzene rings is 1. The molecule has 0 radical (unpaired) electrons. The molecule has 17 heavy (non-hydrogen) atoms. The van der Waals surface area contributed by atoms with E-state index >= 15 is 0 Å². The molecular formula is C12H22N2O2Si. The molecule has 0 aromatic heterocycles. The van der Waals surface area contributed by atoms with Crippen LogP contribution in [0.25, 0.3) is 0 Å². The van der Waals surface area contributed by atoms with Crippen LogP contribution in [0.3, 0.4) is 0 Å². The number of hydrogen-bond acceptors (Lipinski definition) is 4. The van der Waals surface area contributed by atoms with Gasteiger partial charge in [-0.2, -0.15) is 0 Å². The summed E-state index contributed by atoms with van der Waals surface area (Å²) in [5.74, 6) is 0.